The number of amides is 4. The maximum absolute atomic E-state index is 12.7. The number of urea groups is 1. The van der Waals surface area contributed by atoms with Crippen LogP contribution in [0.25, 0.3) is 0 Å². The number of para-hydroxylation sites is 1. The fourth-order valence-corrected chi connectivity index (χ4v) is 2.80. The number of hydrogen-bond donors (Lipinski definition) is 1. The first-order valence-electron chi connectivity index (χ1n) is 7.63. The first-order chi connectivity index (χ1) is 12.5. The van der Waals surface area contributed by atoms with Crippen LogP contribution in [-0.2, 0) is 9.59 Å². The topological polar surface area (TPSA) is 88.1 Å². The number of rotatable bonds is 4. The van der Waals surface area contributed by atoms with Crippen LogP contribution in [0.15, 0.2) is 58.0 Å². The van der Waals surface area contributed by atoms with E-state index in [1.165, 1.54) is 13.3 Å². The summed E-state index contributed by atoms with van der Waals surface area (Å²) in [6, 6.07) is 12.7. The van der Waals surface area contributed by atoms with Crippen molar-refractivity contribution in [3.63, 3.8) is 0 Å². The molecular weight excluding hydrogens is 402 g/mol. The minimum absolute atomic E-state index is 0.333. The van der Waals surface area contributed by atoms with Gasteiger partial charge < -0.3 is 4.74 Å². The van der Waals surface area contributed by atoms with E-state index in [4.69, 9.17) is 4.74 Å². The second kappa shape index (κ2) is 7.49. The van der Waals surface area contributed by atoms with Crippen LogP contribution in [0.1, 0.15) is 0 Å². The minimum atomic E-state index is -1.21. The number of hydrogen-bond acceptors (Lipinski definition) is 5. The number of aliphatic imine (C=N–C) groups is 1. The van der Waals surface area contributed by atoms with Crippen molar-refractivity contribution < 1.29 is 19.1 Å². The Morgan fingerprint density at radius 2 is 1.81 bits per heavy atom. The smallest absolute Gasteiger partial charge is 0.335 e. The molecule has 1 N–H and O–H groups in total. The molecule has 0 saturated carbocycles. The summed E-state index contributed by atoms with van der Waals surface area (Å²) in [5.74, 6) is -2.00. The van der Waals surface area contributed by atoms with Gasteiger partial charge in [0.25, 0.3) is 5.91 Å². The molecule has 3 rings (SSSR count). The average Bonchev–Trinajstić information content (AvgIpc) is 2.63. The summed E-state index contributed by atoms with van der Waals surface area (Å²) >= 11 is 3.35. The SMILES string of the molecule is COc1ccc(N2C(=O)NC(=O)[C@H](C=Nc3ccccc3Br)C2=O)cc1. The lowest BCUT2D eigenvalue weighted by Gasteiger charge is -2.28. The first-order valence-corrected chi connectivity index (χ1v) is 8.42. The molecule has 0 aromatic heterocycles. The van der Waals surface area contributed by atoms with E-state index in [1.54, 1.807) is 42.5 Å². The van der Waals surface area contributed by atoms with Gasteiger partial charge in [-0.1, -0.05) is 12.1 Å². The van der Waals surface area contributed by atoms with Crippen molar-refractivity contribution in [2.75, 3.05) is 12.0 Å². The lowest BCUT2D eigenvalue weighted by Crippen LogP contribution is -2.58. The van der Waals surface area contributed by atoms with Crippen LogP contribution in [0.2, 0.25) is 0 Å². The molecule has 2 aromatic rings. The maximum Gasteiger partial charge on any atom is 0.335 e. The zero-order valence-electron chi connectivity index (χ0n) is 13.7. The summed E-state index contributed by atoms with van der Waals surface area (Å²) in [6.07, 6.45) is 1.24. The van der Waals surface area contributed by atoms with Crippen molar-refractivity contribution in [3.05, 3.63) is 53.0 Å². The van der Waals surface area contributed by atoms with Gasteiger partial charge in [0.15, 0.2) is 5.92 Å². The molecule has 1 saturated heterocycles. The van der Waals surface area contributed by atoms with Gasteiger partial charge in [0.1, 0.15) is 5.75 Å². The van der Waals surface area contributed by atoms with Gasteiger partial charge in [0.2, 0.25) is 5.91 Å². The van der Waals surface area contributed by atoms with Crippen LogP contribution in [-0.4, -0.2) is 31.2 Å². The second-order valence-electron chi connectivity index (χ2n) is 5.37. The molecule has 0 radical (unpaired) electrons. The predicted molar refractivity (Wildman–Crippen MR) is 99.8 cm³/mol. The van der Waals surface area contributed by atoms with Crippen LogP contribution in [0.5, 0.6) is 5.75 Å². The molecule has 1 atom stereocenters. The Balaban J connectivity index is 1.89. The fourth-order valence-electron chi connectivity index (χ4n) is 2.41. The van der Waals surface area contributed by atoms with Crippen molar-refractivity contribution in [3.8, 4) is 5.75 Å². The van der Waals surface area contributed by atoms with E-state index in [2.05, 4.69) is 26.2 Å². The van der Waals surface area contributed by atoms with Gasteiger partial charge in [-0.05, 0) is 52.3 Å². The van der Waals surface area contributed by atoms with E-state index >= 15 is 0 Å². The highest BCUT2D eigenvalue weighted by molar-refractivity contribution is 9.10. The zero-order chi connectivity index (χ0) is 18.7. The van der Waals surface area contributed by atoms with E-state index in [0.29, 0.717) is 17.1 Å². The molecule has 1 aliphatic heterocycles. The Labute approximate surface area is 157 Å². The number of nitrogens with zero attached hydrogens (tertiary/aromatic N) is 2. The summed E-state index contributed by atoms with van der Waals surface area (Å²) in [6.45, 7) is 0. The lowest BCUT2D eigenvalue weighted by atomic mass is 10.1. The highest BCUT2D eigenvalue weighted by Gasteiger charge is 2.40. The number of methoxy groups -OCH3 is 1. The molecule has 0 bridgehead atoms. The lowest BCUT2D eigenvalue weighted by molar-refractivity contribution is -0.131. The van der Waals surface area contributed by atoms with E-state index < -0.39 is 23.8 Å². The van der Waals surface area contributed by atoms with E-state index in [9.17, 15) is 14.4 Å². The Bertz CT molecular complexity index is 896. The van der Waals surface area contributed by atoms with Crippen LogP contribution < -0.4 is 15.0 Å². The van der Waals surface area contributed by atoms with Crippen LogP contribution in [0.3, 0.4) is 0 Å². The van der Waals surface area contributed by atoms with Crippen molar-refractivity contribution in [1.82, 2.24) is 5.32 Å². The highest BCUT2D eigenvalue weighted by atomic mass is 79.9. The monoisotopic (exact) mass is 415 g/mol. The van der Waals surface area contributed by atoms with Crippen LogP contribution in [0, 0.1) is 5.92 Å². The molecule has 2 aromatic carbocycles. The average molecular weight is 416 g/mol. The molecule has 0 unspecified atom stereocenters. The molecule has 8 heteroatoms. The molecule has 26 heavy (non-hydrogen) atoms. The summed E-state index contributed by atoms with van der Waals surface area (Å²) in [4.78, 5) is 42.1. The number of anilines is 1. The number of imide groups is 2. The predicted octanol–water partition coefficient (Wildman–Crippen LogP) is 3.06. The maximum atomic E-state index is 12.7. The number of benzene rings is 2. The van der Waals surface area contributed by atoms with Gasteiger partial charge >= 0.3 is 6.03 Å². The van der Waals surface area contributed by atoms with Crippen molar-refractivity contribution >= 4 is 51.4 Å². The molecule has 1 aliphatic rings. The first kappa shape index (κ1) is 17.8. The largest absolute Gasteiger partial charge is 0.497 e. The van der Waals surface area contributed by atoms with Crippen molar-refractivity contribution in [1.29, 1.82) is 0 Å². The quantitative estimate of drug-likeness (QED) is 0.613. The van der Waals surface area contributed by atoms with Gasteiger partial charge in [-0.25, -0.2) is 9.69 Å². The highest BCUT2D eigenvalue weighted by Crippen LogP contribution is 2.26. The van der Waals surface area contributed by atoms with Gasteiger partial charge in [0, 0.05) is 10.7 Å². The third-order valence-corrected chi connectivity index (χ3v) is 4.42. The summed E-state index contributed by atoms with van der Waals surface area (Å²) in [7, 11) is 1.51. The molecule has 132 valence electrons. The molecule has 1 fully saturated rings. The van der Waals surface area contributed by atoms with Gasteiger partial charge in [-0.15, -0.1) is 0 Å². The number of ether oxygens (including phenoxy) is 1. The standard InChI is InChI=1S/C18H14BrN3O4/c1-26-12-8-6-11(7-9-12)22-17(24)13(16(23)21-18(22)25)10-20-15-5-3-2-4-14(15)19/h2-10,13H,1H3,(H,21,23,25)/t13-/m0/s1. The van der Waals surface area contributed by atoms with Gasteiger partial charge in [0.05, 0.1) is 18.5 Å². The Kier molecular flexibility index (Phi) is 5.13. The normalized spacial score (nSPS) is 17.5. The van der Waals surface area contributed by atoms with Crippen molar-refractivity contribution in [2.24, 2.45) is 10.9 Å². The fraction of sp³-hybridized carbons (Fsp3) is 0.111. The molecule has 1 heterocycles. The third-order valence-electron chi connectivity index (χ3n) is 3.75. The number of barbiturate groups is 1. The number of halogens is 1. The third kappa shape index (κ3) is 3.50. The summed E-state index contributed by atoms with van der Waals surface area (Å²) in [5, 5.41) is 2.18. The van der Waals surface area contributed by atoms with Gasteiger partial charge in [-0.3, -0.25) is 19.9 Å². The van der Waals surface area contributed by atoms with Crippen LogP contribution in [0.4, 0.5) is 16.2 Å². The van der Waals surface area contributed by atoms with Crippen LogP contribution >= 0.6 is 15.9 Å². The minimum Gasteiger partial charge on any atom is -0.497 e. The summed E-state index contributed by atoms with van der Waals surface area (Å²) < 4.78 is 5.79. The van der Waals surface area contributed by atoms with Gasteiger partial charge in [-0.2, -0.15) is 0 Å². The van der Waals surface area contributed by atoms with Crippen molar-refractivity contribution in [2.45, 2.75) is 0 Å². The molecule has 0 aliphatic carbocycles. The second-order valence-corrected chi connectivity index (χ2v) is 6.23. The Hall–Kier alpha value is -3.00. The number of carbonyl (C=O) groups is 3. The summed E-state index contributed by atoms with van der Waals surface area (Å²) in [5.41, 5.74) is 0.904. The molecule has 0 spiro atoms. The Morgan fingerprint density at radius 3 is 2.46 bits per heavy atom. The Morgan fingerprint density at radius 1 is 1.12 bits per heavy atom. The molecular formula is C18H14BrN3O4. The van der Waals surface area contributed by atoms with E-state index in [1.807, 2.05) is 6.07 Å². The van der Waals surface area contributed by atoms with E-state index in [0.717, 1.165) is 9.37 Å². The van der Waals surface area contributed by atoms with E-state index in [-0.39, 0.29) is 0 Å². The zero-order valence-corrected chi connectivity index (χ0v) is 15.3. The molecule has 4 amide bonds. The molecule has 7 nitrogen and oxygen atoms in total. The number of carbonyl (C=O) groups excluding carboxylic acids is 3. The number of nitrogens with one attached hydrogen (secondary N) is 1.